The molecule has 0 unspecified atom stereocenters. The second kappa shape index (κ2) is 34.8. The Morgan fingerprint density at radius 3 is 0.631 bits per heavy atom. The van der Waals surface area contributed by atoms with E-state index in [1.165, 1.54) is 0 Å². The zero-order chi connectivity index (χ0) is 63.1. The van der Waals surface area contributed by atoms with Crippen molar-refractivity contribution in [1.82, 2.24) is 53.2 Å². The van der Waals surface area contributed by atoms with E-state index in [4.69, 9.17) is 0 Å². The van der Waals surface area contributed by atoms with Crippen molar-refractivity contribution in [2.45, 2.75) is 223 Å². The van der Waals surface area contributed by atoms with E-state index in [9.17, 15) is 47.9 Å². The molecule has 1 aliphatic heterocycles. The van der Waals surface area contributed by atoms with Gasteiger partial charge in [0.25, 0.3) is 0 Å². The van der Waals surface area contributed by atoms with Crippen LogP contribution >= 0.6 is 0 Å². The van der Waals surface area contributed by atoms with Crippen LogP contribution < -0.4 is 53.2 Å². The third kappa shape index (κ3) is 24.8. The van der Waals surface area contributed by atoms with E-state index >= 15 is 0 Å². The molecule has 3 rings (SSSR count). The molecule has 2 aromatic carbocycles. The number of benzene rings is 2. The van der Waals surface area contributed by atoms with Gasteiger partial charge in [0.1, 0.15) is 60.4 Å². The van der Waals surface area contributed by atoms with E-state index < -0.39 is 131 Å². The van der Waals surface area contributed by atoms with E-state index in [1.54, 1.807) is 76.2 Å². The minimum absolute atomic E-state index is 0.00287. The lowest BCUT2D eigenvalue weighted by molar-refractivity contribution is -0.137. The number of rotatable bonds is 18. The lowest BCUT2D eigenvalue weighted by Gasteiger charge is -2.31. The highest BCUT2D eigenvalue weighted by Gasteiger charge is 2.39. The Kier molecular flexibility index (Phi) is 29.6. The third-order valence-corrected chi connectivity index (χ3v) is 14.4. The average molecular weight is 1170 g/mol. The summed E-state index contributed by atoms with van der Waals surface area (Å²) in [4.78, 5) is 146. The lowest BCUT2D eigenvalue weighted by atomic mass is 9.96. The van der Waals surface area contributed by atoms with Crippen molar-refractivity contribution in [1.29, 1.82) is 0 Å². The average Bonchev–Trinajstić information content (AvgIpc) is 3.36. The number of carbonyl (C=O) groups is 10. The SMILES string of the molecule is CC(C)C[C@@H]1NC(=O)[C@H](Cc2ccccc2)NC(=O)[C@@H](CC(C)C)NC(=O)[C@@H](C(C)C)NC(=O)[C@H](CC(C)C)NC(=O)[C@H](CC(C)C)NC(=O)[C@@H](Cc2ccccc2)NC(=O)[C@@H](CC(C)C)NC(=O)[C@@H](C(C)C)NC(=O)[C@H](CC(C)C)NC1=O. The maximum absolute atomic E-state index is 14.7. The van der Waals surface area contributed by atoms with Gasteiger partial charge in [-0.2, -0.15) is 0 Å². The van der Waals surface area contributed by atoms with Crippen LogP contribution in [0.15, 0.2) is 60.7 Å². The van der Waals surface area contributed by atoms with E-state index in [1.807, 2.05) is 95.2 Å². The summed E-state index contributed by atoms with van der Waals surface area (Å²) in [5.74, 6) is -8.73. The fourth-order valence-corrected chi connectivity index (χ4v) is 10.1. The normalized spacial score (nSPS) is 25.0. The minimum Gasteiger partial charge on any atom is -0.343 e. The van der Waals surface area contributed by atoms with Crippen LogP contribution in [-0.2, 0) is 60.8 Å². The number of nitrogens with one attached hydrogen (secondary N) is 10. The molecule has 20 heteroatoms. The van der Waals surface area contributed by atoms with Gasteiger partial charge in [-0.3, -0.25) is 47.9 Å². The topological polar surface area (TPSA) is 291 Å². The quantitative estimate of drug-likeness (QED) is 0.0961. The molecule has 10 N–H and O–H groups in total. The predicted octanol–water partition coefficient (Wildman–Crippen LogP) is 4.92. The summed E-state index contributed by atoms with van der Waals surface area (Å²) in [5.41, 5.74) is 1.38. The Morgan fingerprint density at radius 1 is 0.250 bits per heavy atom. The van der Waals surface area contributed by atoms with Crippen molar-refractivity contribution in [3.05, 3.63) is 71.8 Å². The Morgan fingerprint density at radius 2 is 0.429 bits per heavy atom. The number of hydrogen-bond acceptors (Lipinski definition) is 10. The summed E-state index contributed by atoms with van der Waals surface area (Å²) in [6, 6.07) is 5.81. The smallest absolute Gasteiger partial charge is 0.243 e. The summed E-state index contributed by atoms with van der Waals surface area (Å²) in [6.07, 6.45) is 0.827. The fraction of sp³-hybridized carbons (Fsp3) is 0.656. The Bertz CT molecular complexity index is 2310. The summed E-state index contributed by atoms with van der Waals surface area (Å²) in [6.45, 7) is 29.4. The highest BCUT2D eigenvalue weighted by atomic mass is 16.2. The molecule has 0 aliphatic carbocycles. The zero-order valence-corrected chi connectivity index (χ0v) is 52.9. The van der Waals surface area contributed by atoms with Gasteiger partial charge < -0.3 is 53.2 Å². The number of carbonyl (C=O) groups excluding carboxylic acids is 10. The number of amides is 10. The highest BCUT2D eigenvalue weighted by Crippen LogP contribution is 2.17. The molecule has 20 nitrogen and oxygen atoms in total. The molecule has 0 spiro atoms. The Balaban J connectivity index is 2.29. The van der Waals surface area contributed by atoms with Gasteiger partial charge in [-0.1, -0.05) is 171 Å². The minimum atomic E-state index is -1.27. The van der Waals surface area contributed by atoms with Crippen molar-refractivity contribution in [3.63, 3.8) is 0 Å². The summed E-state index contributed by atoms with van der Waals surface area (Å²) >= 11 is 0. The van der Waals surface area contributed by atoms with Gasteiger partial charge in [0, 0.05) is 12.8 Å². The van der Waals surface area contributed by atoms with Crippen molar-refractivity contribution in [3.8, 4) is 0 Å². The van der Waals surface area contributed by atoms with Crippen molar-refractivity contribution >= 4 is 59.1 Å². The lowest BCUT2D eigenvalue weighted by Crippen LogP contribution is -2.62. The fourth-order valence-electron chi connectivity index (χ4n) is 10.1. The van der Waals surface area contributed by atoms with Crippen molar-refractivity contribution in [2.75, 3.05) is 0 Å². The maximum Gasteiger partial charge on any atom is 0.243 e. The number of hydrogen-bond donors (Lipinski definition) is 10. The van der Waals surface area contributed by atoms with Gasteiger partial charge in [-0.15, -0.1) is 0 Å². The maximum atomic E-state index is 14.7. The second-order valence-corrected chi connectivity index (χ2v) is 26.1. The first-order valence-corrected chi connectivity index (χ1v) is 30.5. The summed E-state index contributed by atoms with van der Waals surface area (Å²) in [7, 11) is 0. The van der Waals surface area contributed by atoms with Crippen molar-refractivity contribution in [2.24, 2.45) is 47.3 Å². The van der Waals surface area contributed by atoms with E-state index in [2.05, 4.69) is 53.2 Å². The van der Waals surface area contributed by atoms with E-state index in [-0.39, 0.29) is 86.9 Å². The molecule has 1 fully saturated rings. The van der Waals surface area contributed by atoms with Crippen LogP contribution in [0.25, 0.3) is 0 Å². The van der Waals surface area contributed by atoms with Crippen LogP contribution in [0, 0.1) is 47.3 Å². The van der Waals surface area contributed by atoms with Crippen molar-refractivity contribution < 1.29 is 47.9 Å². The first-order chi connectivity index (χ1) is 39.3. The van der Waals surface area contributed by atoms with E-state index in [0.717, 1.165) is 0 Å². The molecule has 1 heterocycles. The molecule has 0 radical (unpaired) electrons. The molecule has 10 atom stereocenters. The van der Waals surface area contributed by atoms with Gasteiger partial charge in [-0.25, -0.2) is 0 Å². The third-order valence-electron chi connectivity index (χ3n) is 14.4. The van der Waals surface area contributed by atoms with Gasteiger partial charge in [0.05, 0.1) is 0 Å². The molecule has 1 aliphatic rings. The Hall–Kier alpha value is -6.86. The van der Waals surface area contributed by atoms with Crippen LogP contribution in [-0.4, -0.2) is 119 Å². The molecule has 1 saturated heterocycles. The molecular weight excluding hydrogens is 1070 g/mol. The molecule has 10 amide bonds. The van der Waals surface area contributed by atoms with E-state index in [0.29, 0.717) is 11.1 Å². The summed E-state index contributed by atoms with van der Waals surface area (Å²) < 4.78 is 0. The van der Waals surface area contributed by atoms with Crippen LogP contribution in [0.1, 0.15) is 160 Å². The Labute approximate surface area is 500 Å². The van der Waals surface area contributed by atoms with Crippen LogP contribution in [0.4, 0.5) is 0 Å². The first kappa shape index (κ1) is 71.4. The second-order valence-electron chi connectivity index (χ2n) is 26.1. The van der Waals surface area contributed by atoms with Crippen LogP contribution in [0.3, 0.4) is 0 Å². The molecule has 84 heavy (non-hydrogen) atoms. The van der Waals surface area contributed by atoms with Gasteiger partial charge >= 0.3 is 0 Å². The molecule has 0 aromatic heterocycles. The van der Waals surface area contributed by atoms with Gasteiger partial charge in [0.15, 0.2) is 0 Å². The summed E-state index contributed by atoms with van der Waals surface area (Å²) in [5, 5.41) is 28.6. The van der Waals surface area contributed by atoms with Gasteiger partial charge in [-0.05, 0) is 97.0 Å². The molecule has 468 valence electrons. The predicted molar refractivity (Wildman–Crippen MR) is 326 cm³/mol. The molecule has 0 saturated carbocycles. The zero-order valence-electron chi connectivity index (χ0n) is 52.9. The highest BCUT2D eigenvalue weighted by molar-refractivity contribution is 5.99. The largest absolute Gasteiger partial charge is 0.343 e. The molecular formula is C64H102N10O10. The van der Waals surface area contributed by atoms with Crippen LogP contribution in [0.2, 0.25) is 0 Å². The first-order valence-electron chi connectivity index (χ1n) is 30.5. The standard InChI is InChI=1S/C64H102N10O10/c1-35(2)27-45-55(75)67-49(31-39(9)10)61(81)73-53(41(13)14)63(83)72-48(30-38(7)8)58(78)70-52(34-44-25-21-18-22-26-44)60(80)66-46(28-36(3)4)56(76)68-50(32-40(11)12)62(82)74-54(42(15)16)64(84)71-47(29-37(5)6)57(77)69-51(59(79)65-45)33-43-23-19-17-20-24-43/h17-26,35-42,45-54H,27-34H2,1-16H3,(H,65,79)(H,66,80)(H,67,75)(H,68,76)(H,69,77)(H,70,78)(H,71,84)(H,72,83)(H,73,81)(H,74,82)/t45-,46-,47+,48+,49-,50-,51-,52+,53+,54+/m0/s1. The van der Waals surface area contributed by atoms with Gasteiger partial charge in [0.2, 0.25) is 59.1 Å². The monoisotopic (exact) mass is 1170 g/mol. The molecule has 2 aromatic rings. The van der Waals surface area contributed by atoms with Crippen LogP contribution in [0.5, 0.6) is 0 Å². The molecule has 0 bridgehead atoms.